The number of fused-ring (bicyclic) bond motifs is 1. The van der Waals surface area contributed by atoms with Crippen LogP contribution in [0.3, 0.4) is 0 Å². The van der Waals surface area contributed by atoms with E-state index in [2.05, 4.69) is 4.99 Å². The van der Waals surface area contributed by atoms with Crippen LogP contribution in [0.25, 0.3) is 0 Å². The summed E-state index contributed by atoms with van der Waals surface area (Å²) in [7, 11) is 0. The van der Waals surface area contributed by atoms with Crippen molar-refractivity contribution in [1.29, 1.82) is 0 Å². The Morgan fingerprint density at radius 3 is 2.79 bits per heavy atom. The van der Waals surface area contributed by atoms with E-state index in [1.54, 1.807) is 24.0 Å². The number of amides is 1. The Hall–Kier alpha value is -2.77. The third-order valence-corrected chi connectivity index (χ3v) is 3.80. The zero-order valence-corrected chi connectivity index (χ0v) is 13.7. The van der Waals surface area contributed by atoms with Gasteiger partial charge in [0, 0.05) is 12.6 Å². The zero-order valence-electron chi connectivity index (χ0n) is 13.7. The van der Waals surface area contributed by atoms with Crippen molar-refractivity contribution in [3.63, 3.8) is 0 Å². The summed E-state index contributed by atoms with van der Waals surface area (Å²) < 4.78 is 5.63. The number of guanidine groups is 1. The molecule has 0 aliphatic carbocycles. The molecule has 0 radical (unpaired) electrons. The van der Waals surface area contributed by atoms with Crippen molar-refractivity contribution in [3.8, 4) is 5.75 Å². The zero-order chi connectivity index (χ0) is 17.9. The summed E-state index contributed by atoms with van der Waals surface area (Å²) in [6.07, 6.45) is -0.322. The number of anilines is 1. The maximum absolute atomic E-state index is 12.5. The van der Waals surface area contributed by atoms with Crippen LogP contribution in [0.5, 0.6) is 5.75 Å². The summed E-state index contributed by atoms with van der Waals surface area (Å²) in [5, 5.41) is 8.98. The molecule has 8 heteroatoms. The van der Waals surface area contributed by atoms with Crippen molar-refractivity contribution in [2.24, 2.45) is 22.4 Å². The van der Waals surface area contributed by atoms with Gasteiger partial charge >= 0.3 is 5.97 Å². The second-order valence-corrected chi connectivity index (χ2v) is 5.64. The van der Waals surface area contributed by atoms with Gasteiger partial charge in [0.25, 0.3) is 0 Å². The molecule has 1 aromatic carbocycles. The standard InChI is InChI=1S/C16H22N4O4/c1-3-20-13-8-12(24-9(2)19-16(17)18)5-4-10(13)6-11(15(20)23)7-14(21)22/h4-5,8-9,11H,3,6-7H2,1-2H3,(H,21,22)(H4,17,18,19). The van der Waals surface area contributed by atoms with Crippen LogP contribution in [0.15, 0.2) is 23.2 Å². The normalized spacial score (nSPS) is 17.8. The van der Waals surface area contributed by atoms with Gasteiger partial charge in [-0.3, -0.25) is 9.59 Å². The first kappa shape index (κ1) is 17.6. The molecule has 0 saturated carbocycles. The van der Waals surface area contributed by atoms with Gasteiger partial charge in [0.2, 0.25) is 5.91 Å². The van der Waals surface area contributed by atoms with Crippen molar-refractivity contribution in [3.05, 3.63) is 23.8 Å². The van der Waals surface area contributed by atoms with Crippen LogP contribution in [0.1, 0.15) is 25.8 Å². The van der Waals surface area contributed by atoms with Crippen LogP contribution in [-0.4, -0.2) is 35.7 Å². The average Bonchev–Trinajstić information content (AvgIpc) is 2.47. The SMILES string of the molecule is CCN1C(=O)C(CC(=O)O)Cc2ccc(OC(C)N=C(N)N)cc21. The molecule has 1 aromatic rings. The molecule has 130 valence electrons. The third-order valence-electron chi connectivity index (χ3n) is 3.80. The molecule has 24 heavy (non-hydrogen) atoms. The number of hydrogen-bond acceptors (Lipinski definition) is 4. The lowest BCUT2D eigenvalue weighted by atomic mass is 9.89. The maximum Gasteiger partial charge on any atom is 0.304 e. The van der Waals surface area contributed by atoms with Gasteiger partial charge in [0.1, 0.15) is 5.75 Å². The van der Waals surface area contributed by atoms with E-state index in [0.29, 0.717) is 18.7 Å². The van der Waals surface area contributed by atoms with Gasteiger partial charge in [-0.1, -0.05) is 6.07 Å². The fourth-order valence-electron chi connectivity index (χ4n) is 2.86. The van der Waals surface area contributed by atoms with Crippen molar-refractivity contribution in [2.75, 3.05) is 11.4 Å². The monoisotopic (exact) mass is 334 g/mol. The lowest BCUT2D eigenvalue weighted by Gasteiger charge is -2.33. The Morgan fingerprint density at radius 2 is 2.21 bits per heavy atom. The molecule has 2 rings (SSSR count). The van der Waals surface area contributed by atoms with E-state index in [-0.39, 0.29) is 18.3 Å². The van der Waals surface area contributed by atoms with Crippen molar-refractivity contribution in [1.82, 2.24) is 0 Å². The predicted octanol–water partition coefficient (Wildman–Crippen LogP) is 0.685. The molecule has 1 amide bonds. The fourth-order valence-corrected chi connectivity index (χ4v) is 2.86. The van der Waals surface area contributed by atoms with E-state index in [1.165, 1.54) is 0 Å². The number of hydrogen-bond donors (Lipinski definition) is 3. The van der Waals surface area contributed by atoms with E-state index in [4.69, 9.17) is 21.3 Å². The highest BCUT2D eigenvalue weighted by molar-refractivity contribution is 5.99. The summed E-state index contributed by atoms with van der Waals surface area (Å²) in [4.78, 5) is 28.9. The molecule has 0 fully saturated rings. The molecule has 0 bridgehead atoms. The molecule has 1 heterocycles. The van der Waals surface area contributed by atoms with Gasteiger partial charge < -0.3 is 26.2 Å². The molecule has 2 atom stereocenters. The van der Waals surface area contributed by atoms with Crippen LogP contribution in [0.2, 0.25) is 0 Å². The highest BCUT2D eigenvalue weighted by Gasteiger charge is 2.33. The Labute approximate surface area is 140 Å². The molecular formula is C16H22N4O4. The number of carbonyl (C=O) groups is 2. The minimum absolute atomic E-state index is 0.0673. The van der Waals surface area contributed by atoms with Gasteiger partial charge in [-0.2, -0.15) is 0 Å². The number of nitrogens with two attached hydrogens (primary N) is 2. The lowest BCUT2D eigenvalue weighted by Crippen LogP contribution is -2.42. The van der Waals surface area contributed by atoms with Crippen LogP contribution < -0.4 is 21.1 Å². The second-order valence-electron chi connectivity index (χ2n) is 5.64. The van der Waals surface area contributed by atoms with Gasteiger partial charge in [0.05, 0.1) is 18.0 Å². The topological polar surface area (TPSA) is 131 Å². The number of carboxylic acids is 1. The highest BCUT2D eigenvalue weighted by atomic mass is 16.5. The predicted molar refractivity (Wildman–Crippen MR) is 89.8 cm³/mol. The minimum atomic E-state index is -0.973. The number of nitrogens with zero attached hydrogens (tertiary/aromatic N) is 2. The first-order valence-electron chi connectivity index (χ1n) is 7.73. The van der Waals surface area contributed by atoms with Gasteiger partial charge in [-0.05, 0) is 31.9 Å². The first-order chi connectivity index (χ1) is 11.3. The molecule has 0 saturated heterocycles. The Morgan fingerprint density at radius 1 is 1.50 bits per heavy atom. The lowest BCUT2D eigenvalue weighted by molar-refractivity contribution is -0.140. The molecule has 2 unspecified atom stereocenters. The van der Waals surface area contributed by atoms with E-state index in [0.717, 1.165) is 11.3 Å². The smallest absolute Gasteiger partial charge is 0.304 e. The largest absolute Gasteiger partial charge is 0.481 e. The van der Waals surface area contributed by atoms with Gasteiger partial charge in [-0.15, -0.1) is 0 Å². The number of aliphatic carboxylic acids is 1. The molecule has 0 spiro atoms. The minimum Gasteiger partial charge on any atom is -0.481 e. The van der Waals surface area contributed by atoms with Gasteiger partial charge in [-0.25, -0.2) is 4.99 Å². The summed E-state index contributed by atoms with van der Waals surface area (Å²) in [5.74, 6) is -1.22. The summed E-state index contributed by atoms with van der Waals surface area (Å²) in [6.45, 7) is 4.00. The summed E-state index contributed by atoms with van der Waals surface area (Å²) in [6, 6.07) is 5.36. The number of aliphatic imine (C=N–C) groups is 1. The molecule has 0 aromatic heterocycles. The molecule has 1 aliphatic rings. The summed E-state index contributed by atoms with van der Waals surface area (Å²) >= 11 is 0. The van der Waals surface area contributed by atoms with Crippen molar-refractivity contribution >= 4 is 23.5 Å². The second kappa shape index (κ2) is 7.20. The number of carboxylic acid groups (broad SMARTS) is 1. The number of rotatable bonds is 6. The van der Waals surface area contributed by atoms with E-state index in [9.17, 15) is 9.59 Å². The Kier molecular flexibility index (Phi) is 5.28. The van der Waals surface area contributed by atoms with E-state index >= 15 is 0 Å². The first-order valence-corrected chi connectivity index (χ1v) is 7.73. The van der Waals surface area contributed by atoms with Crippen LogP contribution >= 0.6 is 0 Å². The van der Waals surface area contributed by atoms with Crippen molar-refractivity contribution in [2.45, 2.75) is 32.9 Å². The fraction of sp³-hybridized carbons (Fsp3) is 0.438. The highest BCUT2D eigenvalue weighted by Crippen LogP contribution is 2.35. The summed E-state index contributed by atoms with van der Waals surface area (Å²) in [5.41, 5.74) is 12.3. The van der Waals surface area contributed by atoms with Crippen LogP contribution in [-0.2, 0) is 16.0 Å². The molecule has 5 N–H and O–H groups in total. The Bertz CT molecular complexity index is 670. The van der Waals surface area contributed by atoms with E-state index in [1.807, 2.05) is 13.0 Å². The maximum atomic E-state index is 12.5. The number of benzene rings is 1. The Balaban J connectivity index is 2.28. The average molecular weight is 334 g/mol. The van der Waals surface area contributed by atoms with Crippen molar-refractivity contribution < 1.29 is 19.4 Å². The quantitative estimate of drug-likeness (QED) is 0.518. The molecule has 1 aliphatic heterocycles. The number of carbonyl (C=O) groups excluding carboxylic acids is 1. The molecule has 8 nitrogen and oxygen atoms in total. The van der Waals surface area contributed by atoms with Crippen LogP contribution in [0.4, 0.5) is 5.69 Å². The number of ether oxygens (including phenoxy) is 1. The van der Waals surface area contributed by atoms with Gasteiger partial charge in [0.15, 0.2) is 12.2 Å². The third kappa shape index (κ3) is 3.95. The van der Waals surface area contributed by atoms with Crippen LogP contribution in [0, 0.1) is 5.92 Å². The van der Waals surface area contributed by atoms with E-state index < -0.39 is 18.1 Å². The molecular weight excluding hydrogens is 312 g/mol.